The lowest BCUT2D eigenvalue weighted by Gasteiger charge is -2.20. The summed E-state index contributed by atoms with van der Waals surface area (Å²) in [6.45, 7) is 8.96. The summed E-state index contributed by atoms with van der Waals surface area (Å²) in [6.07, 6.45) is 1.92. The van der Waals surface area contributed by atoms with Crippen molar-refractivity contribution in [2.75, 3.05) is 26.8 Å². The second-order valence-corrected chi connectivity index (χ2v) is 6.44. The zero-order valence-electron chi connectivity index (χ0n) is 15.5. The Balaban J connectivity index is 2.63. The molecule has 1 atom stereocenters. The Morgan fingerprint density at radius 2 is 2.08 bits per heavy atom. The van der Waals surface area contributed by atoms with Crippen LogP contribution in [0.3, 0.4) is 0 Å². The Hall–Kier alpha value is -1.75. The molecular weight excluding hydrogens is 302 g/mol. The molecule has 1 aromatic carbocycles. The van der Waals surface area contributed by atoms with E-state index >= 15 is 0 Å². The van der Waals surface area contributed by atoms with Gasteiger partial charge in [-0.15, -0.1) is 0 Å². The van der Waals surface area contributed by atoms with Gasteiger partial charge in [-0.3, -0.25) is 0 Å². The quantitative estimate of drug-likeness (QED) is 0.454. The number of hydrogen-bond donors (Lipinski definition) is 3. The third-order valence-electron chi connectivity index (χ3n) is 3.80. The summed E-state index contributed by atoms with van der Waals surface area (Å²) < 4.78 is 5.25. The summed E-state index contributed by atoms with van der Waals surface area (Å²) >= 11 is 0. The molecule has 1 unspecified atom stereocenters. The van der Waals surface area contributed by atoms with Crippen LogP contribution in [0.5, 0.6) is 5.75 Å². The highest BCUT2D eigenvalue weighted by molar-refractivity contribution is 5.79. The summed E-state index contributed by atoms with van der Waals surface area (Å²) in [7, 11) is 1.67. The first-order valence-electron chi connectivity index (χ1n) is 8.85. The average Bonchev–Trinajstić information content (AvgIpc) is 2.57. The van der Waals surface area contributed by atoms with Crippen molar-refractivity contribution in [1.82, 2.24) is 10.6 Å². The van der Waals surface area contributed by atoms with Crippen LogP contribution < -0.4 is 15.4 Å². The van der Waals surface area contributed by atoms with Crippen LogP contribution in [0.25, 0.3) is 0 Å². The number of methoxy groups -OCH3 is 1. The van der Waals surface area contributed by atoms with Crippen LogP contribution in [-0.2, 0) is 6.54 Å². The van der Waals surface area contributed by atoms with E-state index in [1.165, 1.54) is 0 Å². The van der Waals surface area contributed by atoms with E-state index in [1.807, 2.05) is 24.3 Å². The zero-order chi connectivity index (χ0) is 17.8. The lowest BCUT2D eigenvalue weighted by atomic mass is 9.94. The molecule has 0 spiro atoms. The van der Waals surface area contributed by atoms with Gasteiger partial charge in [-0.2, -0.15) is 0 Å². The Kier molecular flexibility index (Phi) is 9.92. The average molecular weight is 335 g/mol. The number of hydrogen-bond acceptors (Lipinski definition) is 3. The fourth-order valence-corrected chi connectivity index (χ4v) is 2.68. The van der Waals surface area contributed by atoms with Crippen molar-refractivity contribution in [3.63, 3.8) is 0 Å². The van der Waals surface area contributed by atoms with E-state index in [2.05, 4.69) is 36.4 Å². The first-order valence-corrected chi connectivity index (χ1v) is 8.85. The standard InChI is InChI=1S/C19H33N3O2/c1-5-20-19(22-14-17(9-10-23)11-15(2)3)21-13-16-7-6-8-18(12-16)24-4/h6-8,12,15,17,23H,5,9-11,13-14H2,1-4H3,(H2,20,21,22). The molecule has 0 heterocycles. The molecule has 136 valence electrons. The topological polar surface area (TPSA) is 65.9 Å². The van der Waals surface area contributed by atoms with E-state index in [9.17, 15) is 5.11 Å². The maximum absolute atomic E-state index is 9.23. The van der Waals surface area contributed by atoms with E-state index in [0.29, 0.717) is 18.4 Å². The molecule has 0 saturated heterocycles. The predicted molar refractivity (Wildman–Crippen MR) is 100 cm³/mol. The second kappa shape index (κ2) is 11.7. The first kappa shape index (κ1) is 20.3. The largest absolute Gasteiger partial charge is 0.497 e. The molecule has 5 heteroatoms. The lowest BCUT2D eigenvalue weighted by Crippen LogP contribution is -2.40. The molecule has 0 aliphatic carbocycles. The Morgan fingerprint density at radius 1 is 1.29 bits per heavy atom. The molecule has 0 fully saturated rings. The van der Waals surface area contributed by atoms with Crippen molar-refractivity contribution < 1.29 is 9.84 Å². The van der Waals surface area contributed by atoms with E-state index in [-0.39, 0.29) is 6.61 Å². The number of nitrogens with zero attached hydrogens (tertiary/aromatic N) is 1. The van der Waals surface area contributed by atoms with Crippen LogP contribution in [0.4, 0.5) is 0 Å². The highest BCUT2D eigenvalue weighted by atomic mass is 16.5. The molecule has 0 saturated carbocycles. The van der Waals surface area contributed by atoms with Crippen LogP contribution in [0, 0.1) is 11.8 Å². The van der Waals surface area contributed by atoms with Crippen molar-refractivity contribution in [1.29, 1.82) is 0 Å². The number of guanidine groups is 1. The normalized spacial score (nSPS) is 13.0. The molecule has 0 radical (unpaired) electrons. The minimum Gasteiger partial charge on any atom is -0.497 e. The van der Waals surface area contributed by atoms with Gasteiger partial charge in [0, 0.05) is 19.7 Å². The molecular formula is C19H33N3O2. The van der Waals surface area contributed by atoms with Gasteiger partial charge in [0.2, 0.25) is 0 Å². The van der Waals surface area contributed by atoms with Gasteiger partial charge in [0.25, 0.3) is 0 Å². The van der Waals surface area contributed by atoms with Crippen LogP contribution in [0.15, 0.2) is 29.3 Å². The summed E-state index contributed by atoms with van der Waals surface area (Å²) in [5.41, 5.74) is 1.11. The molecule has 0 bridgehead atoms. The minimum absolute atomic E-state index is 0.233. The molecule has 24 heavy (non-hydrogen) atoms. The van der Waals surface area contributed by atoms with Gasteiger partial charge < -0.3 is 20.5 Å². The Labute approximate surface area is 146 Å². The fraction of sp³-hybridized carbons (Fsp3) is 0.632. The van der Waals surface area contributed by atoms with Gasteiger partial charge in [0.05, 0.1) is 13.7 Å². The number of rotatable bonds is 10. The summed E-state index contributed by atoms with van der Waals surface area (Å²) in [5.74, 6) is 2.74. The highest BCUT2D eigenvalue weighted by Gasteiger charge is 2.11. The number of ether oxygens (including phenoxy) is 1. The second-order valence-electron chi connectivity index (χ2n) is 6.44. The summed E-state index contributed by atoms with van der Waals surface area (Å²) in [4.78, 5) is 4.65. The summed E-state index contributed by atoms with van der Waals surface area (Å²) in [5, 5.41) is 15.9. The van der Waals surface area contributed by atoms with E-state index < -0.39 is 0 Å². The van der Waals surface area contributed by atoms with Gasteiger partial charge in [0.1, 0.15) is 5.75 Å². The van der Waals surface area contributed by atoms with Crippen molar-refractivity contribution >= 4 is 5.96 Å². The van der Waals surface area contributed by atoms with Crippen molar-refractivity contribution in [3.8, 4) is 5.75 Å². The molecule has 0 aliphatic rings. The maximum Gasteiger partial charge on any atom is 0.191 e. The van der Waals surface area contributed by atoms with E-state index in [4.69, 9.17) is 4.74 Å². The molecule has 3 N–H and O–H groups in total. The number of nitrogens with one attached hydrogen (secondary N) is 2. The molecule has 0 aromatic heterocycles. The van der Waals surface area contributed by atoms with Crippen LogP contribution in [0.1, 0.15) is 39.2 Å². The van der Waals surface area contributed by atoms with Gasteiger partial charge >= 0.3 is 0 Å². The number of aliphatic hydroxyl groups is 1. The molecule has 0 aliphatic heterocycles. The van der Waals surface area contributed by atoms with Crippen LogP contribution >= 0.6 is 0 Å². The first-order chi connectivity index (χ1) is 11.6. The molecule has 1 aromatic rings. The summed E-state index contributed by atoms with van der Waals surface area (Å²) in [6, 6.07) is 7.95. The minimum atomic E-state index is 0.233. The number of benzene rings is 1. The zero-order valence-corrected chi connectivity index (χ0v) is 15.5. The third-order valence-corrected chi connectivity index (χ3v) is 3.80. The lowest BCUT2D eigenvalue weighted by molar-refractivity contribution is 0.243. The maximum atomic E-state index is 9.23. The van der Waals surface area contributed by atoms with E-state index in [0.717, 1.165) is 43.2 Å². The molecule has 0 amide bonds. The van der Waals surface area contributed by atoms with Gasteiger partial charge in [0.15, 0.2) is 5.96 Å². The van der Waals surface area contributed by atoms with Crippen molar-refractivity contribution in [2.45, 2.75) is 40.2 Å². The van der Waals surface area contributed by atoms with Crippen LogP contribution in [-0.4, -0.2) is 37.9 Å². The van der Waals surface area contributed by atoms with Crippen molar-refractivity contribution in [2.24, 2.45) is 16.8 Å². The predicted octanol–water partition coefficient (Wildman–Crippen LogP) is 2.80. The monoisotopic (exact) mass is 335 g/mol. The van der Waals surface area contributed by atoms with Gasteiger partial charge in [-0.25, -0.2) is 4.99 Å². The SMILES string of the molecule is CCNC(=NCc1cccc(OC)c1)NCC(CCO)CC(C)C. The fourth-order valence-electron chi connectivity index (χ4n) is 2.68. The van der Waals surface area contributed by atoms with E-state index in [1.54, 1.807) is 7.11 Å². The smallest absolute Gasteiger partial charge is 0.191 e. The highest BCUT2D eigenvalue weighted by Crippen LogP contribution is 2.15. The van der Waals surface area contributed by atoms with Gasteiger partial charge in [-0.05, 0) is 49.3 Å². The number of aliphatic imine (C=N–C) groups is 1. The van der Waals surface area contributed by atoms with Gasteiger partial charge in [-0.1, -0.05) is 26.0 Å². The third kappa shape index (κ3) is 8.20. The van der Waals surface area contributed by atoms with Crippen molar-refractivity contribution in [3.05, 3.63) is 29.8 Å². The number of aliphatic hydroxyl groups excluding tert-OH is 1. The Bertz CT molecular complexity index is 489. The molecule has 5 nitrogen and oxygen atoms in total. The van der Waals surface area contributed by atoms with Crippen LogP contribution in [0.2, 0.25) is 0 Å². The Morgan fingerprint density at radius 3 is 2.71 bits per heavy atom. The molecule has 1 rings (SSSR count).